The van der Waals surface area contributed by atoms with Gasteiger partial charge in [0.15, 0.2) is 0 Å². The molecule has 0 bridgehead atoms. The lowest BCUT2D eigenvalue weighted by molar-refractivity contribution is -0.129. The molecule has 25 heavy (non-hydrogen) atoms. The van der Waals surface area contributed by atoms with Crippen LogP contribution in [-0.4, -0.2) is 53.5 Å². The van der Waals surface area contributed by atoms with E-state index in [9.17, 15) is 4.79 Å². The first kappa shape index (κ1) is 15.9. The third-order valence-electron chi connectivity index (χ3n) is 5.02. The first-order valence-corrected chi connectivity index (χ1v) is 8.91. The number of aromatic nitrogens is 2. The lowest BCUT2D eigenvalue weighted by Crippen LogP contribution is -2.48. The third kappa shape index (κ3) is 3.16. The van der Waals surface area contributed by atoms with E-state index in [1.165, 1.54) is 11.3 Å². The van der Waals surface area contributed by atoms with Gasteiger partial charge in [0.1, 0.15) is 5.82 Å². The van der Waals surface area contributed by atoms with Crippen LogP contribution in [0.2, 0.25) is 0 Å². The molecule has 2 aliphatic rings. The summed E-state index contributed by atoms with van der Waals surface area (Å²) in [5.74, 6) is 1.84. The van der Waals surface area contributed by atoms with E-state index in [4.69, 9.17) is 4.98 Å². The zero-order valence-electron chi connectivity index (χ0n) is 14.6. The largest absolute Gasteiger partial charge is 0.339 e. The maximum absolute atomic E-state index is 11.5. The molecule has 0 unspecified atom stereocenters. The van der Waals surface area contributed by atoms with Gasteiger partial charge in [0, 0.05) is 51.5 Å². The molecular weight excluding hydrogens is 314 g/mol. The molecule has 0 radical (unpaired) electrons. The number of anilines is 3. The molecule has 1 fully saturated rings. The van der Waals surface area contributed by atoms with Crippen LogP contribution in [-0.2, 0) is 11.2 Å². The zero-order valence-corrected chi connectivity index (χ0v) is 14.6. The Labute approximate surface area is 148 Å². The van der Waals surface area contributed by atoms with Crippen LogP contribution in [0, 0.1) is 0 Å². The Bertz CT molecular complexity index is 770. The Morgan fingerprint density at radius 1 is 1.04 bits per heavy atom. The molecule has 1 saturated heterocycles. The molecule has 2 aromatic rings. The number of piperazine rings is 1. The molecule has 1 amide bonds. The fraction of sp³-hybridized carbons (Fsp3) is 0.421. The number of carbonyl (C=O) groups is 1. The van der Waals surface area contributed by atoms with Gasteiger partial charge in [-0.3, -0.25) is 4.79 Å². The molecule has 0 N–H and O–H groups in total. The molecule has 2 aliphatic heterocycles. The van der Waals surface area contributed by atoms with Gasteiger partial charge in [-0.15, -0.1) is 0 Å². The highest BCUT2D eigenvalue weighted by Crippen LogP contribution is 2.32. The summed E-state index contributed by atoms with van der Waals surface area (Å²) >= 11 is 0. The average molecular weight is 337 g/mol. The number of para-hydroxylation sites is 1. The van der Waals surface area contributed by atoms with Gasteiger partial charge >= 0.3 is 0 Å². The van der Waals surface area contributed by atoms with E-state index < -0.39 is 0 Å². The molecule has 0 saturated carbocycles. The summed E-state index contributed by atoms with van der Waals surface area (Å²) in [5.41, 5.74) is 2.63. The lowest BCUT2D eigenvalue weighted by Gasteiger charge is -2.35. The second kappa shape index (κ2) is 6.70. The van der Waals surface area contributed by atoms with Crippen LogP contribution in [0.3, 0.4) is 0 Å². The van der Waals surface area contributed by atoms with Crippen LogP contribution < -0.4 is 9.80 Å². The van der Waals surface area contributed by atoms with Crippen LogP contribution >= 0.6 is 0 Å². The van der Waals surface area contributed by atoms with Crippen molar-refractivity contribution >= 4 is 23.4 Å². The number of hydrogen-bond acceptors (Lipinski definition) is 5. The first-order valence-electron chi connectivity index (χ1n) is 8.91. The van der Waals surface area contributed by atoms with Crippen molar-refractivity contribution in [2.75, 3.05) is 42.5 Å². The summed E-state index contributed by atoms with van der Waals surface area (Å²) in [6.45, 7) is 5.62. The molecule has 4 rings (SSSR count). The molecule has 0 atom stereocenters. The standard InChI is InChI=1S/C19H23N5O/c1-15(25)22-11-13-23(14-12-22)19-20-9-8-18(21-19)24-10-4-6-16-5-2-3-7-17(16)24/h2-3,5,7-9H,4,6,10-14H2,1H3. The second-order valence-corrected chi connectivity index (χ2v) is 6.59. The Kier molecular flexibility index (Phi) is 4.26. The fourth-order valence-electron chi connectivity index (χ4n) is 3.63. The van der Waals surface area contributed by atoms with Crippen molar-refractivity contribution in [3.8, 4) is 0 Å². The highest BCUT2D eigenvalue weighted by Gasteiger charge is 2.23. The van der Waals surface area contributed by atoms with Gasteiger partial charge in [-0.1, -0.05) is 18.2 Å². The highest BCUT2D eigenvalue weighted by atomic mass is 16.2. The van der Waals surface area contributed by atoms with Gasteiger partial charge in [0.05, 0.1) is 0 Å². The number of hydrogen-bond donors (Lipinski definition) is 0. The lowest BCUT2D eigenvalue weighted by atomic mass is 10.0. The van der Waals surface area contributed by atoms with Crippen molar-refractivity contribution < 1.29 is 4.79 Å². The minimum atomic E-state index is 0.138. The number of fused-ring (bicyclic) bond motifs is 1. The van der Waals surface area contributed by atoms with Gasteiger partial charge in [-0.05, 0) is 30.5 Å². The zero-order chi connectivity index (χ0) is 17.2. The van der Waals surface area contributed by atoms with Crippen LogP contribution in [0.1, 0.15) is 18.9 Å². The average Bonchev–Trinajstić information content (AvgIpc) is 2.68. The summed E-state index contributed by atoms with van der Waals surface area (Å²) < 4.78 is 0. The summed E-state index contributed by atoms with van der Waals surface area (Å²) in [6.07, 6.45) is 4.09. The Morgan fingerprint density at radius 3 is 2.64 bits per heavy atom. The predicted octanol–water partition coefficient (Wildman–Crippen LogP) is 2.23. The molecule has 6 heteroatoms. The van der Waals surface area contributed by atoms with E-state index in [0.717, 1.165) is 57.3 Å². The Hall–Kier alpha value is -2.63. The van der Waals surface area contributed by atoms with E-state index in [2.05, 4.69) is 39.0 Å². The maximum Gasteiger partial charge on any atom is 0.227 e. The smallest absolute Gasteiger partial charge is 0.227 e. The normalized spacial score (nSPS) is 17.4. The summed E-state index contributed by atoms with van der Waals surface area (Å²) in [4.78, 5) is 27.1. The van der Waals surface area contributed by atoms with Crippen molar-refractivity contribution in [2.24, 2.45) is 0 Å². The van der Waals surface area contributed by atoms with Gasteiger partial charge in [0.2, 0.25) is 11.9 Å². The van der Waals surface area contributed by atoms with Crippen LogP contribution in [0.25, 0.3) is 0 Å². The van der Waals surface area contributed by atoms with E-state index in [-0.39, 0.29) is 5.91 Å². The molecule has 130 valence electrons. The number of aryl methyl sites for hydroxylation is 1. The van der Waals surface area contributed by atoms with Crippen LogP contribution in [0.15, 0.2) is 36.5 Å². The van der Waals surface area contributed by atoms with E-state index in [1.54, 1.807) is 6.92 Å². The summed E-state index contributed by atoms with van der Waals surface area (Å²) in [6, 6.07) is 10.5. The minimum Gasteiger partial charge on any atom is -0.339 e. The SMILES string of the molecule is CC(=O)N1CCN(c2nccc(N3CCCc4ccccc43)n2)CC1. The van der Waals surface area contributed by atoms with Crippen molar-refractivity contribution in [3.05, 3.63) is 42.1 Å². The molecular formula is C19H23N5O. The molecule has 3 heterocycles. The quantitative estimate of drug-likeness (QED) is 0.841. The monoisotopic (exact) mass is 337 g/mol. The van der Waals surface area contributed by atoms with E-state index in [1.807, 2.05) is 17.2 Å². The van der Waals surface area contributed by atoms with Crippen molar-refractivity contribution in [2.45, 2.75) is 19.8 Å². The molecule has 6 nitrogen and oxygen atoms in total. The van der Waals surface area contributed by atoms with Crippen LogP contribution in [0.4, 0.5) is 17.5 Å². The van der Waals surface area contributed by atoms with Crippen molar-refractivity contribution in [1.29, 1.82) is 0 Å². The van der Waals surface area contributed by atoms with Gasteiger partial charge in [-0.2, -0.15) is 4.98 Å². The number of carbonyl (C=O) groups excluding carboxylic acids is 1. The molecule has 0 spiro atoms. The fourth-order valence-corrected chi connectivity index (χ4v) is 3.63. The number of nitrogens with zero attached hydrogens (tertiary/aromatic N) is 5. The third-order valence-corrected chi connectivity index (χ3v) is 5.02. The molecule has 1 aromatic heterocycles. The summed E-state index contributed by atoms with van der Waals surface area (Å²) in [7, 11) is 0. The Morgan fingerprint density at radius 2 is 1.84 bits per heavy atom. The van der Waals surface area contributed by atoms with Crippen molar-refractivity contribution in [1.82, 2.24) is 14.9 Å². The Balaban J connectivity index is 1.56. The van der Waals surface area contributed by atoms with Crippen molar-refractivity contribution in [3.63, 3.8) is 0 Å². The maximum atomic E-state index is 11.5. The molecule has 0 aliphatic carbocycles. The number of rotatable bonds is 2. The number of benzene rings is 1. The van der Waals surface area contributed by atoms with Gasteiger partial charge < -0.3 is 14.7 Å². The van der Waals surface area contributed by atoms with Crippen LogP contribution in [0.5, 0.6) is 0 Å². The topological polar surface area (TPSA) is 52.6 Å². The summed E-state index contributed by atoms with van der Waals surface area (Å²) in [5, 5.41) is 0. The molecule has 1 aromatic carbocycles. The first-order chi connectivity index (χ1) is 12.2. The van der Waals surface area contributed by atoms with Gasteiger partial charge in [0.25, 0.3) is 0 Å². The predicted molar refractivity (Wildman–Crippen MR) is 98.3 cm³/mol. The van der Waals surface area contributed by atoms with E-state index >= 15 is 0 Å². The highest BCUT2D eigenvalue weighted by molar-refractivity contribution is 5.73. The van der Waals surface area contributed by atoms with E-state index in [0.29, 0.717) is 0 Å². The van der Waals surface area contributed by atoms with Gasteiger partial charge in [-0.25, -0.2) is 4.98 Å². The minimum absolute atomic E-state index is 0.138. The number of amides is 1. The second-order valence-electron chi connectivity index (χ2n) is 6.59.